The summed E-state index contributed by atoms with van der Waals surface area (Å²) in [6.45, 7) is 0.749. The van der Waals surface area contributed by atoms with Crippen LogP contribution < -0.4 is 10.9 Å². The zero-order valence-corrected chi connectivity index (χ0v) is 12.2. The normalized spacial score (nSPS) is 16.3. The van der Waals surface area contributed by atoms with Crippen LogP contribution in [0.3, 0.4) is 0 Å². The first kappa shape index (κ1) is 14.0. The maximum Gasteiger partial charge on any atom is 0.250 e. The average molecular weight is 289 g/mol. The summed E-state index contributed by atoms with van der Waals surface area (Å²) >= 11 is 0. The smallest absolute Gasteiger partial charge is 0.250 e. The second-order valence-electron chi connectivity index (χ2n) is 5.83. The molecule has 1 N–H and O–H groups in total. The Kier molecular flexibility index (Phi) is 3.90. The largest absolute Gasteiger partial charge is 0.381 e. The molecule has 3 rings (SSSR count). The highest BCUT2D eigenvalue weighted by Crippen LogP contribution is 2.27. The highest BCUT2D eigenvalue weighted by molar-refractivity contribution is 5.87. The number of halogens is 1. The number of aromatic nitrogens is 2. The fourth-order valence-corrected chi connectivity index (χ4v) is 3.13. The molecule has 112 valence electrons. The molecule has 0 amide bonds. The van der Waals surface area contributed by atoms with Crippen molar-refractivity contribution in [3.05, 3.63) is 34.5 Å². The third-order valence-corrected chi connectivity index (χ3v) is 4.38. The molecule has 0 bridgehead atoms. The zero-order chi connectivity index (χ0) is 14.8. The van der Waals surface area contributed by atoms with Crippen molar-refractivity contribution in [3.8, 4) is 0 Å². The summed E-state index contributed by atoms with van der Waals surface area (Å²) in [5.74, 6) is 0.182. The summed E-state index contributed by atoms with van der Waals surface area (Å²) in [6.07, 6.45) is 7.41. The molecule has 4 nitrogen and oxygen atoms in total. The molecule has 1 aliphatic rings. The van der Waals surface area contributed by atoms with Gasteiger partial charge in [-0.25, -0.2) is 4.39 Å². The Morgan fingerprint density at radius 1 is 1.33 bits per heavy atom. The number of anilines is 1. The summed E-state index contributed by atoms with van der Waals surface area (Å²) in [5, 5.41) is 3.22. The van der Waals surface area contributed by atoms with E-state index in [0.29, 0.717) is 22.6 Å². The van der Waals surface area contributed by atoms with Gasteiger partial charge in [0.1, 0.15) is 0 Å². The molecule has 5 heteroatoms. The lowest BCUT2D eigenvalue weighted by molar-refractivity contribution is 0.373. The van der Waals surface area contributed by atoms with Gasteiger partial charge in [0, 0.05) is 19.7 Å². The van der Waals surface area contributed by atoms with Gasteiger partial charge in [0.05, 0.1) is 22.9 Å². The molecular formula is C16H20FN3O. The fourth-order valence-electron chi connectivity index (χ4n) is 3.13. The van der Waals surface area contributed by atoms with Crippen LogP contribution in [0.1, 0.15) is 32.1 Å². The Morgan fingerprint density at radius 2 is 2.10 bits per heavy atom. The molecule has 0 aliphatic heterocycles. The monoisotopic (exact) mass is 289 g/mol. The van der Waals surface area contributed by atoms with Gasteiger partial charge in [-0.15, -0.1) is 0 Å². The SMILES string of the molecule is Cn1c(=O)ccc2ncc(F)c(NCC3CCCCC3)c21. The second-order valence-corrected chi connectivity index (χ2v) is 5.83. The van der Waals surface area contributed by atoms with E-state index in [1.807, 2.05) is 0 Å². The van der Waals surface area contributed by atoms with Gasteiger partial charge in [-0.05, 0) is 24.8 Å². The lowest BCUT2D eigenvalue weighted by Gasteiger charge is -2.23. The van der Waals surface area contributed by atoms with Crippen LogP contribution in [0.15, 0.2) is 23.1 Å². The minimum Gasteiger partial charge on any atom is -0.381 e. The van der Waals surface area contributed by atoms with Crippen molar-refractivity contribution < 1.29 is 4.39 Å². The van der Waals surface area contributed by atoms with Crippen LogP contribution in [-0.4, -0.2) is 16.1 Å². The number of hydrogen-bond acceptors (Lipinski definition) is 3. The van der Waals surface area contributed by atoms with Gasteiger partial charge in [-0.2, -0.15) is 0 Å². The fraction of sp³-hybridized carbons (Fsp3) is 0.500. The van der Waals surface area contributed by atoms with Crippen LogP contribution in [0.4, 0.5) is 10.1 Å². The van der Waals surface area contributed by atoms with Crippen LogP contribution in [0, 0.1) is 11.7 Å². The van der Waals surface area contributed by atoms with E-state index in [2.05, 4.69) is 10.3 Å². The third kappa shape index (κ3) is 2.77. The zero-order valence-electron chi connectivity index (χ0n) is 12.2. The molecule has 2 aromatic heterocycles. The molecule has 2 heterocycles. The van der Waals surface area contributed by atoms with E-state index in [9.17, 15) is 9.18 Å². The predicted molar refractivity (Wildman–Crippen MR) is 82.0 cm³/mol. The molecule has 0 atom stereocenters. The Balaban J connectivity index is 1.94. The second kappa shape index (κ2) is 5.84. The quantitative estimate of drug-likeness (QED) is 0.944. The Bertz CT molecular complexity index is 704. The maximum atomic E-state index is 14.1. The highest BCUT2D eigenvalue weighted by atomic mass is 19.1. The summed E-state index contributed by atoms with van der Waals surface area (Å²) in [6, 6.07) is 3.10. The Morgan fingerprint density at radius 3 is 2.86 bits per heavy atom. The molecule has 2 aromatic rings. The van der Waals surface area contributed by atoms with Crippen molar-refractivity contribution >= 4 is 16.7 Å². The minimum absolute atomic E-state index is 0.157. The first-order valence-electron chi connectivity index (χ1n) is 7.55. The molecule has 0 saturated heterocycles. The molecule has 0 aromatic carbocycles. The van der Waals surface area contributed by atoms with Crippen molar-refractivity contribution in [1.82, 2.24) is 9.55 Å². The molecule has 0 radical (unpaired) electrons. The van der Waals surface area contributed by atoms with Gasteiger partial charge in [0.15, 0.2) is 5.82 Å². The summed E-state index contributed by atoms with van der Waals surface area (Å²) in [7, 11) is 1.65. The molecule has 1 aliphatic carbocycles. The summed E-state index contributed by atoms with van der Waals surface area (Å²) < 4.78 is 15.6. The standard InChI is InChI=1S/C16H20FN3O/c1-20-14(21)8-7-13-16(20)15(12(17)10-18-13)19-9-11-5-3-2-4-6-11/h7-8,10-11H,2-6,9H2,1H3,(H,18,19). The van der Waals surface area contributed by atoms with E-state index in [0.717, 1.165) is 6.54 Å². The molecule has 21 heavy (non-hydrogen) atoms. The predicted octanol–water partition coefficient (Wildman–Crippen LogP) is 3.06. The lowest BCUT2D eigenvalue weighted by Crippen LogP contribution is -2.21. The maximum absolute atomic E-state index is 14.1. The van der Waals surface area contributed by atoms with Gasteiger partial charge in [-0.1, -0.05) is 19.3 Å². The first-order valence-corrected chi connectivity index (χ1v) is 7.55. The number of fused-ring (bicyclic) bond motifs is 1. The lowest BCUT2D eigenvalue weighted by atomic mass is 9.89. The van der Waals surface area contributed by atoms with Gasteiger partial charge in [0.2, 0.25) is 0 Å². The van der Waals surface area contributed by atoms with Crippen molar-refractivity contribution in [2.24, 2.45) is 13.0 Å². The van der Waals surface area contributed by atoms with Crippen molar-refractivity contribution in [1.29, 1.82) is 0 Å². The number of aryl methyl sites for hydroxylation is 1. The average Bonchev–Trinajstić information content (AvgIpc) is 2.51. The van der Waals surface area contributed by atoms with Crippen molar-refractivity contribution in [3.63, 3.8) is 0 Å². The van der Waals surface area contributed by atoms with E-state index < -0.39 is 5.82 Å². The number of pyridine rings is 2. The topological polar surface area (TPSA) is 46.9 Å². The molecule has 0 unspecified atom stereocenters. The van der Waals surface area contributed by atoms with E-state index >= 15 is 0 Å². The summed E-state index contributed by atoms with van der Waals surface area (Å²) in [4.78, 5) is 15.9. The van der Waals surface area contributed by atoms with Crippen LogP contribution >= 0.6 is 0 Å². The Labute approximate surface area is 123 Å². The van der Waals surface area contributed by atoms with Gasteiger partial charge in [0.25, 0.3) is 5.56 Å². The van der Waals surface area contributed by atoms with Crippen molar-refractivity contribution in [2.75, 3.05) is 11.9 Å². The van der Waals surface area contributed by atoms with E-state index in [-0.39, 0.29) is 5.56 Å². The Hall–Kier alpha value is -1.91. The molecular weight excluding hydrogens is 269 g/mol. The third-order valence-electron chi connectivity index (χ3n) is 4.38. The first-order chi connectivity index (χ1) is 10.2. The van der Waals surface area contributed by atoms with Crippen LogP contribution in [0.5, 0.6) is 0 Å². The van der Waals surface area contributed by atoms with E-state index in [1.54, 1.807) is 13.1 Å². The van der Waals surface area contributed by atoms with Gasteiger partial charge < -0.3 is 9.88 Å². The van der Waals surface area contributed by atoms with Crippen LogP contribution in [0.2, 0.25) is 0 Å². The number of nitrogens with zero attached hydrogens (tertiary/aromatic N) is 2. The molecule has 0 spiro atoms. The van der Waals surface area contributed by atoms with Crippen LogP contribution in [-0.2, 0) is 7.05 Å². The van der Waals surface area contributed by atoms with E-state index in [1.165, 1.54) is 48.9 Å². The minimum atomic E-state index is -0.403. The number of hydrogen-bond donors (Lipinski definition) is 1. The number of rotatable bonds is 3. The van der Waals surface area contributed by atoms with Crippen LogP contribution in [0.25, 0.3) is 11.0 Å². The van der Waals surface area contributed by atoms with Gasteiger partial charge in [-0.3, -0.25) is 9.78 Å². The van der Waals surface area contributed by atoms with E-state index in [4.69, 9.17) is 0 Å². The van der Waals surface area contributed by atoms with Crippen molar-refractivity contribution in [2.45, 2.75) is 32.1 Å². The summed E-state index contributed by atoms with van der Waals surface area (Å²) in [5.41, 5.74) is 1.41. The highest BCUT2D eigenvalue weighted by Gasteiger charge is 2.16. The number of nitrogens with one attached hydrogen (secondary N) is 1. The van der Waals surface area contributed by atoms with Gasteiger partial charge >= 0.3 is 0 Å². The molecule has 1 saturated carbocycles. The molecule has 1 fully saturated rings.